The molecule has 17 heavy (non-hydrogen) atoms. The average Bonchev–Trinajstić information content (AvgIpc) is 2.32. The van der Waals surface area contributed by atoms with Gasteiger partial charge in [-0.2, -0.15) is 0 Å². The predicted octanol–water partition coefficient (Wildman–Crippen LogP) is 3.57. The first-order valence-electron chi connectivity index (χ1n) is 5.49. The lowest BCUT2D eigenvalue weighted by molar-refractivity contribution is 0.109. The number of halogens is 2. The van der Waals surface area contributed by atoms with E-state index < -0.39 is 0 Å². The fourth-order valence-electron chi connectivity index (χ4n) is 1.28. The lowest BCUT2D eigenvalue weighted by Gasteiger charge is -2.08. The van der Waals surface area contributed by atoms with E-state index in [-0.39, 0.29) is 0 Å². The highest BCUT2D eigenvalue weighted by Crippen LogP contribution is 2.25. The molecule has 0 aromatic heterocycles. The van der Waals surface area contributed by atoms with Crippen LogP contribution in [0.25, 0.3) is 0 Å². The van der Waals surface area contributed by atoms with Crippen LogP contribution in [0.15, 0.2) is 22.7 Å². The molecule has 0 fully saturated rings. The maximum atomic E-state index is 5.98. The average molecular weight is 323 g/mol. The number of benzene rings is 1. The van der Waals surface area contributed by atoms with Gasteiger partial charge in [-0.15, -0.1) is 0 Å². The third-order valence-corrected chi connectivity index (χ3v) is 3.36. The van der Waals surface area contributed by atoms with E-state index in [1.54, 1.807) is 7.11 Å². The van der Waals surface area contributed by atoms with Crippen molar-refractivity contribution in [2.75, 3.05) is 38.8 Å². The SMILES string of the molecule is COCCCOCCNc1ccc(Br)c(Cl)c1. The summed E-state index contributed by atoms with van der Waals surface area (Å²) in [6.07, 6.45) is 0.931. The van der Waals surface area contributed by atoms with Gasteiger partial charge in [0.2, 0.25) is 0 Å². The first-order chi connectivity index (χ1) is 8.24. The Kier molecular flexibility index (Phi) is 7.60. The van der Waals surface area contributed by atoms with Crippen LogP contribution in [0.5, 0.6) is 0 Å². The molecule has 0 heterocycles. The molecule has 0 aliphatic heterocycles. The van der Waals surface area contributed by atoms with Gasteiger partial charge in [-0.25, -0.2) is 0 Å². The summed E-state index contributed by atoms with van der Waals surface area (Å²) in [4.78, 5) is 0. The van der Waals surface area contributed by atoms with Crippen LogP contribution in [0.3, 0.4) is 0 Å². The Bertz CT molecular complexity index is 336. The van der Waals surface area contributed by atoms with Gasteiger partial charge in [-0.05, 0) is 40.5 Å². The number of ether oxygens (including phenoxy) is 2. The van der Waals surface area contributed by atoms with Crippen LogP contribution in [0.1, 0.15) is 6.42 Å². The second-order valence-corrected chi connectivity index (χ2v) is 4.78. The molecular weight excluding hydrogens is 305 g/mol. The minimum atomic E-state index is 0.678. The van der Waals surface area contributed by atoms with Crippen molar-refractivity contribution in [3.05, 3.63) is 27.7 Å². The van der Waals surface area contributed by atoms with Crippen LogP contribution < -0.4 is 5.32 Å². The van der Waals surface area contributed by atoms with Crippen LogP contribution >= 0.6 is 27.5 Å². The van der Waals surface area contributed by atoms with Crippen molar-refractivity contribution < 1.29 is 9.47 Å². The largest absolute Gasteiger partial charge is 0.385 e. The molecule has 3 nitrogen and oxygen atoms in total. The lowest BCUT2D eigenvalue weighted by Crippen LogP contribution is -2.10. The molecule has 1 aromatic carbocycles. The van der Waals surface area contributed by atoms with E-state index in [9.17, 15) is 0 Å². The third kappa shape index (κ3) is 6.27. The number of nitrogens with one attached hydrogen (secondary N) is 1. The van der Waals surface area contributed by atoms with Crippen molar-refractivity contribution in [1.29, 1.82) is 0 Å². The highest BCUT2D eigenvalue weighted by atomic mass is 79.9. The van der Waals surface area contributed by atoms with Gasteiger partial charge >= 0.3 is 0 Å². The van der Waals surface area contributed by atoms with Gasteiger partial charge in [0.1, 0.15) is 0 Å². The second-order valence-electron chi connectivity index (χ2n) is 3.51. The van der Waals surface area contributed by atoms with Gasteiger partial charge in [0, 0.05) is 37.0 Å². The predicted molar refractivity (Wildman–Crippen MR) is 75.0 cm³/mol. The number of anilines is 1. The summed E-state index contributed by atoms with van der Waals surface area (Å²) in [5, 5.41) is 3.95. The minimum Gasteiger partial charge on any atom is -0.385 e. The molecular formula is C12H17BrClNO2. The molecule has 5 heteroatoms. The molecule has 0 unspecified atom stereocenters. The Balaban J connectivity index is 2.11. The van der Waals surface area contributed by atoms with Gasteiger partial charge in [-0.1, -0.05) is 11.6 Å². The summed E-state index contributed by atoms with van der Waals surface area (Å²) in [6, 6.07) is 5.78. The standard InChI is InChI=1S/C12H17BrClNO2/c1-16-6-2-7-17-8-5-15-10-3-4-11(13)12(14)9-10/h3-4,9,15H,2,5-8H2,1H3. The van der Waals surface area contributed by atoms with Gasteiger partial charge < -0.3 is 14.8 Å². The smallest absolute Gasteiger partial charge is 0.0639 e. The Morgan fingerprint density at radius 3 is 2.82 bits per heavy atom. The number of methoxy groups -OCH3 is 1. The molecule has 1 aromatic rings. The molecule has 0 radical (unpaired) electrons. The van der Waals surface area contributed by atoms with Crippen molar-refractivity contribution in [3.63, 3.8) is 0 Å². The molecule has 0 atom stereocenters. The summed E-state index contributed by atoms with van der Waals surface area (Å²) >= 11 is 9.33. The summed E-state index contributed by atoms with van der Waals surface area (Å²) in [5.74, 6) is 0. The summed E-state index contributed by atoms with van der Waals surface area (Å²) in [7, 11) is 1.69. The fourth-order valence-corrected chi connectivity index (χ4v) is 1.71. The Labute approximate surface area is 116 Å². The van der Waals surface area contributed by atoms with E-state index in [2.05, 4.69) is 21.2 Å². The molecule has 0 saturated carbocycles. The van der Waals surface area contributed by atoms with E-state index in [4.69, 9.17) is 21.1 Å². The molecule has 1 rings (SSSR count). The topological polar surface area (TPSA) is 30.5 Å². The molecule has 0 aliphatic carbocycles. The lowest BCUT2D eigenvalue weighted by atomic mass is 10.3. The first-order valence-corrected chi connectivity index (χ1v) is 6.66. The molecule has 96 valence electrons. The zero-order valence-corrected chi connectivity index (χ0v) is 12.2. The molecule has 1 N–H and O–H groups in total. The van der Waals surface area contributed by atoms with Crippen molar-refractivity contribution >= 4 is 33.2 Å². The van der Waals surface area contributed by atoms with Crippen molar-refractivity contribution in [2.24, 2.45) is 0 Å². The Morgan fingerprint density at radius 1 is 1.29 bits per heavy atom. The molecule has 0 spiro atoms. The first kappa shape index (κ1) is 14.8. The zero-order chi connectivity index (χ0) is 12.5. The Morgan fingerprint density at radius 2 is 2.12 bits per heavy atom. The van der Waals surface area contributed by atoms with Crippen molar-refractivity contribution in [1.82, 2.24) is 0 Å². The van der Waals surface area contributed by atoms with Crippen molar-refractivity contribution in [2.45, 2.75) is 6.42 Å². The molecule has 0 amide bonds. The maximum absolute atomic E-state index is 5.98. The number of hydrogen-bond donors (Lipinski definition) is 1. The molecule has 0 bridgehead atoms. The second kappa shape index (κ2) is 8.75. The fraction of sp³-hybridized carbons (Fsp3) is 0.500. The van der Waals surface area contributed by atoms with E-state index >= 15 is 0 Å². The van der Waals surface area contributed by atoms with Gasteiger partial charge in [0.25, 0.3) is 0 Å². The van der Waals surface area contributed by atoms with Crippen LogP contribution in [-0.2, 0) is 9.47 Å². The Hall–Kier alpha value is -0.290. The van der Waals surface area contributed by atoms with Crippen LogP contribution in [0.4, 0.5) is 5.69 Å². The van der Waals surface area contributed by atoms with Gasteiger partial charge in [0.15, 0.2) is 0 Å². The zero-order valence-electron chi connectivity index (χ0n) is 9.84. The quantitative estimate of drug-likeness (QED) is 0.742. The van der Waals surface area contributed by atoms with Crippen LogP contribution in [0, 0.1) is 0 Å². The van der Waals surface area contributed by atoms with Crippen LogP contribution in [-0.4, -0.2) is 33.5 Å². The number of rotatable bonds is 8. The van der Waals surface area contributed by atoms with E-state index in [1.165, 1.54) is 0 Å². The highest BCUT2D eigenvalue weighted by molar-refractivity contribution is 9.10. The highest BCUT2D eigenvalue weighted by Gasteiger charge is 1.98. The van der Waals surface area contributed by atoms with E-state index in [0.717, 1.165) is 36.3 Å². The summed E-state index contributed by atoms with van der Waals surface area (Å²) in [5.41, 5.74) is 0.999. The normalized spacial score (nSPS) is 10.5. The summed E-state index contributed by atoms with van der Waals surface area (Å²) < 4.78 is 11.3. The number of hydrogen-bond acceptors (Lipinski definition) is 3. The maximum Gasteiger partial charge on any atom is 0.0639 e. The van der Waals surface area contributed by atoms with Crippen LogP contribution in [0.2, 0.25) is 5.02 Å². The van der Waals surface area contributed by atoms with Crippen molar-refractivity contribution in [3.8, 4) is 0 Å². The summed E-state index contributed by atoms with van der Waals surface area (Å²) in [6.45, 7) is 2.93. The monoisotopic (exact) mass is 321 g/mol. The molecule has 0 aliphatic rings. The van der Waals surface area contributed by atoms with Gasteiger partial charge in [-0.3, -0.25) is 0 Å². The third-order valence-electron chi connectivity index (χ3n) is 2.13. The van der Waals surface area contributed by atoms with E-state index in [0.29, 0.717) is 11.6 Å². The van der Waals surface area contributed by atoms with E-state index in [1.807, 2.05) is 18.2 Å². The van der Waals surface area contributed by atoms with Gasteiger partial charge in [0.05, 0.1) is 11.6 Å². The minimum absolute atomic E-state index is 0.678. The molecule has 0 saturated heterocycles.